The summed E-state index contributed by atoms with van der Waals surface area (Å²) in [5, 5.41) is 5.24. The Morgan fingerprint density at radius 1 is 1.69 bits per heavy atom. The van der Waals surface area contributed by atoms with Crippen molar-refractivity contribution in [2.45, 2.75) is 31.7 Å². The molecule has 1 aromatic rings. The molecule has 1 aromatic heterocycles. The Morgan fingerprint density at radius 3 is 3.19 bits per heavy atom. The van der Waals surface area contributed by atoms with E-state index in [0.29, 0.717) is 6.61 Å². The van der Waals surface area contributed by atoms with Gasteiger partial charge in [-0.15, -0.1) is 11.3 Å². The Morgan fingerprint density at radius 2 is 2.56 bits per heavy atom. The molecular formula is C12H17NO2S. The quantitative estimate of drug-likeness (QED) is 0.816. The first kappa shape index (κ1) is 11.6. The van der Waals surface area contributed by atoms with E-state index in [1.165, 1.54) is 4.88 Å². The van der Waals surface area contributed by atoms with Crippen LogP contribution in [0.1, 0.15) is 24.6 Å². The highest BCUT2D eigenvalue weighted by Crippen LogP contribution is 2.20. The topological polar surface area (TPSA) is 38.3 Å². The number of esters is 1. The molecule has 2 rings (SSSR count). The van der Waals surface area contributed by atoms with E-state index in [-0.39, 0.29) is 5.97 Å². The maximum absolute atomic E-state index is 11.8. The van der Waals surface area contributed by atoms with Gasteiger partial charge in [-0.25, -0.2) is 0 Å². The Balaban J connectivity index is 1.75. The summed E-state index contributed by atoms with van der Waals surface area (Å²) in [6.45, 7) is 3.32. The summed E-state index contributed by atoms with van der Waals surface area (Å²) in [6.07, 6.45) is 2.75. The summed E-state index contributed by atoms with van der Waals surface area (Å²) in [7, 11) is 0. The molecule has 2 heterocycles. The lowest BCUT2D eigenvalue weighted by Crippen LogP contribution is -2.45. The predicted octanol–water partition coefficient (Wildman–Crippen LogP) is 1.98. The van der Waals surface area contributed by atoms with E-state index >= 15 is 0 Å². The molecule has 0 bridgehead atoms. The molecule has 16 heavy (non-hydrogen) atoms. The highest BCUT2D eigenvalue weighted by Gasteiger charge is 2.37. The second-order valence-corrected chi connectivity index (χ2v) is 5.36. The van der Waals surface area contributed by atoms with E-state index in [9.17, 15) is 4.79 Å². The number of nitrogens with one attached hydrogen (secondary N) is 1. The van der Waals surface area contributed by atoms with Gasteiger partial charge in [-0.3, -0.25) is 4.79 Å². The highest BCUT2D eigenvalue weighted by molar-refractivity contribution is 7.09. The first-order chi connectivity index (χ1) is 7.71. The van der Waals surface area contributed by atoms with Gasteiger partial charge < -0.3 is 10.1 Å². The SMILES string of the molecule is CC1(C(=O)OCCc2cccs2)CCCN1. The van der Waals surface area contributed by atoms with Crippen LogP contribution in [-0.4, -0.2) is 24.7 Å². The fraction of sp³-hybridized carbons (Fsp3) is 0.583. The molecule has 1 N–H and O–H groups in total. The molecule has 0 radical (unpaired) electrons. The van der Waals surface area contributed by atoms with Gasteiger partial charge in [0.1, 0.15) is 5.54 Å². The largest absolute Gasteiger partial charge is 0.464 e. The zero-order valence-corrected chi connectivity index (χ0v) is 10.3. The van der Waals surface area contributed by atoms with Crippen LogP contribution in [0.25, 0.3) is 0 Å². The number of hydrogen-bond donors (Lipinski definition) is 1. The average Bonchev–Trinajstić information content (AvgIpc) is 2.90. The molecule has 0 saturated carbocycles. The fourth-order valence-corrected chi connectivity index (χ4v) is 2.62. The first-order valence-corrected chi connectivity index (χ1v) is 6.53. The zero-order valence-electron chi connectivity index (χ0n) is 9.49. The van der Waals surface area contributed by atoms with Crippen LogP contribution in [0.5, 0.6) is 0 Å². The van der Waals surface area contributed by atoms with Gasteiger partial charge in [-0.1, -0.05) is 6.07 Å². The van der Waals surface area contributed by atoms with Crippen molar-refractivity contribution in [2.75, 3.05) is 13.2 Å². The normalized spacial score (nSPS) is 24.6. The van der Waals surface area contributed by atoms with Gasteiger partial charge in [0.25, 0.3) is 0 Å². The number of rotatable bonds is 4. The van der Waals surface area contributed by atoms with Gasteiger partial charge in [0.2, 0.25) is 0 Å². The number of hydrogen-bond acceptors (Lipinski definition) is 4. The molecule has 88 valence electrons. The van der Waals surface area contributed by atoms with Crippen LogP contribution in [0.3, 0.4) is 0 Å². The summed E-state index contributed by atoms with van der Waals surface area (Å²) in [6, 6.07) is 4.08. The summed E-state index contributed by atoms with van der Waals surface area (Å²) < 4.78 is 5.31. The molecule has 3 nitrogen and oxygen atoms in total. The van der Waals surface area contributed by atoms with Crippen molar-refractivity contribution in [1.82, 2.24) is 5.32 Å². The molecule has 0 aliphatic carbocycles. The van der Waals surface area contributed by atoms with Crippen molar-refractivity contribution in [3.63, 3.8) is 0 Å². The molecule has 4 heteroatoms. The molecule has 0 spiro atoms. The van der Waals surface area contributed by atoms with Crippen LogP contribution in [0.15, 0.2) is 17.5 Å². The molecule has 0 aromatic carbocycles. The molecule has 1 aliphatic heterocycles. The first-order valence-electron chi connectivity index (χ1n) is 5.65. The fourth-order valence-electron chi connectivity index (χ4n) is 1.93. The van der Waals surface area contributed by atoms with E-state index in [1.54, 1.807) is 11.3 Å². The zero-order chi connectivity index (χ0) is 11.4. The number of carbonyl (C=O) groups excluding carboxylic acids is 1. The Bertz CT molecular complexity index is 342. The number of carbonyl (C=O) groups is 1. The lowest BCUT2D eigenvalue weighted by molar-refractivity contribution is -0.150. The van der Waals surface area contributed by atoms with Crippen molar-refractivity contribution in [3.8, 4) is 0 Å². The second kappa shape index (κ2) is 4.97. The van der Waals surface area contributed by atoms with Crippen LogP contribution in [0, 0.1) is 0 Å². The van der Waals surface area contributed by atoms with Crippen LogP contribution < -0.4 is 5.32 Å². The maximum atomic E-state index is 11.8. The minimum absolute atomic E-state index is 0.110. The van der Waals surface area contributed by atoms with Gasteiger partial charge in [0.15, 0.2) is 0 Å². The molecule has 1 fully saturated rings. The van der Waals surface area contributed by atoms with Crippen LogP contribution in [-0.2, 0) is 16.0 Å². The third-order valence-corrected chi connectivity index (χ3v) is 3.92. The molecule has 1 aliphatic rings. The molecule has 1 saturated heterocycles. The van der Waals surface area contributed by atoms with Gasteiger partial charge in [-0.2, -0.15) is 0 Å². The summed E-state index contributed by atoms with van der Waals surface area (Å²) in [5.41, 5.74) is -0.449. The molecular weight excluding hydrogens is 222 g/mol. The smallest absolute Gasteiger partial charge is 0.326 e. The highest BCUT2D eigenvalue weighted by atomic mass is 32.1. The third kappa shape index (κ3) is 2.62. The molecule has 0 amide bonds. The van der Waals surface area contributed by atoms with Crippen molar-refractivity contribution in [2.24, 2.45) is 0 Å². The van der Waals surface area contributed by atoms with E-state index in [0.717, 1.165) is 25.8 Å². The Hall–Kier alpha value is -0.870. The number of thiophene rings is 1. The van der Waals surface area contributed by atoms with Crippen LogP contribution in [0.2, 0.25) is 0 Å². The Kier molecular flexibility index (Phi) is 3.61. The van der Waals surface area contributed by atoms with Gasteiger partial charge in [-0.05, 0) is 37.8 Å². The minimum atomic E-state index is -0.449. The molecule has 1 unspecified atom stereocenters. The Labute approximate surface area is 99.8 Å². The molecule has 1 atom stereocenters. The summed E-state index contributed by atoms with van der Waals surface area (Å²) in [4.78, 5) is 13.1. The van der Waals surface area contributed by atoms with Crippen molar-refractivity contribution < 1.29 is 9.53 Å². The standard InChI is InChI=1S/C12H17NO2S/c1-12(6-3-7-13-12)11(14)15-8-5-10-4-2-9-16-10/h2,4,9,13H,3,5-8H2,1H3. The van der Waals surface area contributed by atoms with Crippen LogP contribution >= 0.6 is 11.3 Å². The lowest BCUT2D eigenvalue weighted by Gasteiger charge is -2.21. The second-order valence-electron chi connectivity index (χ2n) is 4.33. The van der Waals surface area contributed by atoms with Crippen molar-refractivity contribution in [1.29, 1.82) is 0 Å². The van der Waals surface area contributed by atoms with Crippen molar-refractivity contribution in [3.05, 3.63) is 22.4 Å². The van der Waals surface area contributed by atoms with Crippen LogP contribution in [0.4, 0.5) is 0 Å². The van der Waals surface area contributed by atoms with Gasteiger partial charge in [0.05, 0.1) is 6.61 Å². The lowest BCUT2D eigenvalue weighted by atomic mass is 10.0. The van der Waals surface area contributed by atoms with E-state index in [2.05, 4.69) is 11.4 Å². The van der Waals surface area contributed by atoms with E-state index in [4.69, 9.17) is 4.74 Å². The predicted molar refractivity (Wildman–Crippen MR) is 64.6 cm³/mol. The minimum Gasteiger partial charge on any atom is -0.464 e. The van der Waals surface area contributed by atoms with E-state index in [1.807, 2.05) is 18.4 Å². The number of ether oxygens (including phenoxy) is 1. The monoisotopic (exact) mass is 239 g/mol. The van der Waals surface area contributed by atoms with Gasteiger partial charge >= 0.3 is 5.97 Å². The third-order valence-electron chi connectivity index (χ3n) is 2.98. The van der Waals surface area contributed by atoms with Gasteiger partial charge in [0, 0.05) is 11.3 Å². The van der Waals surface area contributed by atoms with E-state index < -0.39 is 5.54 Å². The maximum Gasteiger partial charge on any atom is 0.326 e. The van der Waals surface area contributed by atoms with Crippen molar-refractivity contribution >= 4 is 17.3 Å². The summed E-state index contributed by atoms with van der Waals surface area (Å²) >= 11 is 1.70. The average molecular weight is 239 g/mol. The summed E-state index contributed by atoms with van der Waals surface area (Å²) in [5.74, 6) is -0.110.